The van der Waals surface area contributed by atoms with Gasteiger partial charge < -0.3 is 10.1 Å². The number of benzene rings is 2. The van der Waals surface area contributed by atoms with Crippen molar-refractivity contribution in [2.24, 2.45) is 0 Å². The summed E-state index contributed by atoms with van der Waals surface area (Å²) in [5.41, 5.74) is 4.44. The molecule has 1 aromatic heterocycles. The van der Waals surface area contributed by atoms with E-state index in [2.05, 4.69) is 23.6 Å². The maximum Gasteiger partial charge on any atom is 0.220 e. The molecule has 0 spiro atoms. The molecule has 0 aliphatic carbocycles. The van der Waals surface area contributed by atoms with Gasteiger partial charge in [-0.05, 0) is 41.7 Å². The van der Waals surface area contributed by atoms with Crippen molar-refractivity contribution in [3.8, 4) is 0 Å². The van der Waals surface area contributed by atoms with Gasteiger partial charge in [0.2, 0.25) is 5.91 Å². The van der Waals surface area contributed by atoms with Crippen molar-refractivity contribution in [2.75, 3.05) is 13.2 Å². The number of carbonyl (C=O) groups is 1. The van der Waals surface area contributed by atoms with E-state index in [1.165, 1.54) is 11.1 Å². The minimum absolute atomic E-state index is 0.0133. The van der Waals surface area contributed by atoms with Gasteiger partial charge in [-0.15, -0.1) is 0 Å². The lowest BCUT2D eigenvalue weighted by molar-refractivity contribution is -0.121. The maximum atomic E-state index is 12.3. The Morgan fingerprint density at radius 2 is 1.93 bits per heavy atom. The fourth-order valence-electron chi connectivity index (χ4n) is 3.54. The topological polar surface area (TPSA) is 56.1 Å². The molecule has 1 atom stereocenters. The summed E-state index contributed by atoms with van der Waals surface area (Å²) in [6.45, 7) is 1.82. The van der Waals surface area contributed by atoms with Crippen LogP contribution in [0.1, 0.15) is 34.9 Å². The van der Waals surface area contributed by atoms with Gasteiger partial charge in [-0.2, -0.15) is 5.10 Å². The summed E-state index contributed by atoms with van der Waals surface area (Å²) >= 11 is 5.90. The Morgan fingerprint density at radius 3 is 2.72 bits per heavy atom. The second-order valence-electron chi connectivity index (χ2n) is 7.26. The molecule has 2 aromatic carbocycles. The van der Waals surface area contributed by atoms with Gasteiger partial charge in [-0.25, -0.2) is 0 Å². The first-order chi connectivity index (χ1) is 14.2. The van der Waals surface area contributed by atoms with Crippen LogP contribution in [0.4, 0.5) is 0 Å². The van der Waals surface area contributed by atoms with Crippen molar-refractivity contribution in [1.29, 1.82) is 0 Å². The standard InChI is InChI=1S/C23H24ClN3O2/c24-20-9-6-17(7-10-20)8-11-22(28)25-14-21-23-19(12-13-29-21)16-27(26-23)15-18-4-2-1-3-5-18/h1-7,9-10,16,21H,8,11-15H2,(H,25,28)/t21-/m1/s1. The molecule has 0 saturated carbocycles. The molecule has 1 aliphatic heterocycles. The van der Waals surface area contributed by atoms with E-state index in [9.17, 15) is 4.79 Å². The van der Waals surface area contributed by atoms with Crippen molar-refractivity contribution < 1.29 is 9.53 Å². The quantitative estimate of drug-likeness (QED) is 0.642. The number of carbonyl (C=O) groups excluding carboxylic acids is 1. The van der Waals surface area contributed by atoms with E-state index in [1.807, 2.05) is 47.1 Å². The van der Waals surface area contributed by atoms with Gasteiger partial charge in [0.15, 0.2) is 0 Å². The number of nitrogens with zero attached hydrogens (tertiary/aromatic N) is 2. The minimum Gasteiger partial charge on any atom is -0.370 e. The van der Waals surface area contributed by atoms with Gasteiger partial charge in [0.05, 0.1) is 18.8 Å². The molecule has 0 bridgehead atoms. The van der Waals surface area contributed by atoms with Crippen LogP contribution in [0.15, 0.2) is 60.8 Å². The molecule has 3 aromatic rings. The van der Waals surface area contributed by atoms with Crippen LogP contribution in [0, 0.1) is 0 Å². The van der Waals surface area contributed by atoms with Crippen molar-refractivity contribution in [2.45, 2.75) is 31.9 Å². The van der Waals surface area contributed by atoms with Crippen LogP contribution in [0.3, 0.4) is 0 Å². The van der Waals surface area contributed by atoms with Crippen LogP contribution in [0.2, 0.25) is 5.02 Å². The summed E-state index contributed by atoms with van der Waals surface area (Å²) in [6, 6.07) is 17.9. The van der Waals surface area contributed by atoms with Crippen LogP contribution < -0.4 is 5.32 Å². The third-order valence-corrected chi connectivity index (χ3v) is 5.34. The van der Waals surface area contributed by atoms with Crippen LogP contribution in [-0.2, 0) is 28.9 Å². The summed E-state index contributed by atoms with van der Waals surface area (Å²) in [6.07, 6.45) is 3.87. The maximum absolute atomic E-state index is 12.3. The molecule has 1 amide bonds. The van der Waals surface area contributed by atoms with Crippen LogP contribution >= 0.6 is 11.6 Å². The van der Waals surface area contributed by atoms with Crippen molar-refractivity contribution in [3.05, 3.63) is 88.2 Å². The van der Waals surface area contributed by atoms with Crippen molar-refractivity contribution in [1.82, 2.24) is 15.1 Å². The summed E-state index contributed by atoms with van der Waals surface area (Å²) in [5, 5.41) is 8.43. The predicted octanol–water partition coefficient (Wildman–Crippen LogP) is 3.95. The Kier molecular flexibility index (Phi) is 6.27. The SMILES string of the molecule is O=C(CCc1ccc(Cl)cc1)NC[C@H]1OCCc2cn(Cc3ccccc3)nc21. The van der Waals surface area contributed by atoms with E-state index >= 15 is 0 Å². The monoisotopic (exact) mass is 409 g/mol. The lowest BCUT2D eigenvalue weighted by Gasteiger charge is -2.22. The van der Waals surface area contributed by atoms with E-state index in [1.54, 1.807) is 0 Å². The number of amides is 1. The first-order valence-corrected chi connectivity index (χ1v) is 10.3. The zero-order chi connectivity index (χ0) is 20.1. The Bertz CT molecular complexity index is 954. The molecule has 1 aliphatic rings. The van der Waals surface area contributed by atoms with E-state index in [0.717, 1.165) is 24.2 Å². The molecule has 1 N–H and O–H groups in total. The summed E-state index contributed by atoms with van der Waals surface area (Å²) in [4.78, 5) is 12.3. The van der Waals surface area contributed by atoms with Gasteiger partial charge in [0, 0.05) is 24.2 Å². The van der Waals surface area contributed by atoms with Gasteiger partial charge in [-0.1, -0.05) is 54.1 Å². The number of aryl methyl sites for hydroxylation is 1. The van der Waals surface area contributed by atoms with E-state index in [-0.39, 0.29) is 12.0 Å². The molecular formula is C23H24ClN3O2. The second-order valence-corrected chi connectivity index (χ2v) is 7.70. The van der Waals surface area contributed by atoms with Crippen molar-refractivity contribution >= 4 is 17.5 Å². The molecule has 0 radical (unpaired) electrons. The molecule has 0 unspecified atom stereocenters. The average Bonchev–Trinajstić information content (AvgIpc) is 3.15. The third kappa shape index (κ3) is 5.25. The van der Waals surface area contributed by atoms with E-state index in [4.69, 9.17) is 21.4 Å². The highest BCUT2D eigenvalue weighted by atomic mass is 35.5. The Balaban J connectivity index is 1.32. The number of ether oxygens (including phenoxy) is 1. The zero-order valence-electron chi connectivity index (χ0n) is 16.2. The molecule has 5 nitrogen and oxygen atoms in total. The first-order valence-electron chi connectivity index (χ1n) is 9.90. The lowest BCUT2D eigenvalue weighted by Crippen LogP contribution is -2.32. The fourth-order valence-corrected chi connectivity index (χ4v) is 3.67. The normalized spacial score (nSPS) is 15.7. The Hall–Kier alpha value is -2.63. The molecule has 150 valence electrons. The molecule has 0 saturated heterocycles. The highest BCUT2D eigenvalue weighted by Gasteiger charge is 2.25. The minimum atomic E-state index is -0.199. The summed E-state index contributed by atoms with van der Waals surface area (Å²) < 4.78 is 7.85. The summed E-state index contributed by atoms with van der Waals surface area (Å²) in [7, 11) is 0. The highest BCUT2D eigenvalue weighted by Crippen LogP contribution is 2.25. The van der Waals surface area contributed by atoms with Gasteiger partial charge in [0.25, 0.3) is 0 Å². The molecule has 29 heavy (non-hydrogen) atoms. The smallest absolute Gasteiger partial charge is 0.220 e. The van der Waals surface area contributed by atoms with Gasteiger partial charge >= 0.3 is 0 Å². The van der Waals surface area contributed by atoms with Crippen LogP contribution in [-0.4, -0.2) is 28.8 Å². The number of rotatable bonds is 7. The van der Waals surface area contributed by atoms with Crippen molar-refractivity contribution in [3.63, 3.8) is 0 Å². The predicted molar refractivity (Wildman–Crippen MR) is 113 cm³/mol. The van der Waals surface area contributed by atoms with Gasteiger partial charge in [-0.3, -0.25) is 9.48 Å². The number of nitrogens with one attached hydrogen (secondary N) is 1. The number of halogens is 1. The Morgan fingerprint density at radius 1 is 1.14 bits per heavy atom. The molecule has 4 rings (SSSR count). The third-order valence-electron chi connectivity index (χ3n) is 5.09. The van der Waals surface area contributed by atoms with E-state index in [0.29, 0.717) is 31.0 Å². The second kappa shape index (κ2) is 9.25. The number of aromatic nitrogens is 2. The highest BCUT2D eigenvalue weighted by molar-refractivity contribution is 6.30. The summed E-state index contributed by atoms with van der Waals surface area (Å²) in [5.74, 6) is 0.0133. The number of hydrogen-bond donors (Lipinski definition) is 1. The fraction of sp³-hybridized carbons (Fsp3) is 0.304. The number of hydrogen-bond acceptors (Lipinski definition) is 3. The average molecular weight is 410 g/mol. The zero-order valence-corrected chi connectivity index (χ0v) is 16.9. The molecular weight excluding hydrogens is 386 g/mol. The number of fused-ring (bicyclic) bond motifs is 1. The molecule has 6 heteroatoms. The van der Waals surface area contributed by atoms with Gasteiger partial charge in [0.1, 0.15) is 6.10 Å². The first kappa shape index (κ1) is 19.7. The Labute approximate surface area is 175 Å². The largest absolute Gasteiger partial charge is 0.370 e. The molecule has 2 heterocycles. The van der Waals surface area contributed by atoms with E-state index < -0.39 is 0 Å². The van der Waals surface area contributed by atoms with Crippen LogP contribution in [0.25, 0.3) is 0 Å². The molecule has 0 fully saturated rings. The van der Waals surface area contributed by atoms with Crippen LogP contribution in [0.5, 0.6) is 0 Å². The lowest BCUT2D eigenvalue weighted by atomic mass is 10.1.